The second-order valence-corrected chi connectivity index (χ2v) is 8.33. The van der Waals surface area contributed by atoms with Crippen molar-refractivity contribution >= 4 is 31.7 Å². The molecular weight excluding hydrogens is 358 g/mol. The highest BCUT2D eigenvalue weighted by atomic mass is 79.9. The van der Waals surface area contributed by atoms with Gasteiger partial charge in [0.2, 0.25) is 0 Å². The minimum atomic E-state index is -3.07. The fourth-order valence-electron chi connectivity index (χ4n) is 2.52. The molecule has 7 heteroatoms. The average Bonchev–Trinajstić information content (AvgIpc) is 2.78. The van der Waals surface area contributed by atoms with Gasteiger partial charge in [0.25, 0.3) is 5.91 Å². The first-order valence-electron chi connectivity index (χ1n) is 6.72. The molecule has 1 fully saturated rings. The summed E-state index contributed by atoms with van der Waals surface area (Å²) in [6.45, 7) is 1.85. The molecule has 1 aliphatic heterocycles. The van der Waals surface area contributed by atoms with Crippen molar-refractivity contribution in [1.29, 1.82) is 0 Å². The van der Waals surface area contributed by atoms with Crippen LogP contribution in [0.4, 0.5) is 0 Å². The molecule has 2 rings (SSSR count). The van der Waals surface area contributed by atoms with Gasteiger partial charge in [-0.25, -0.2) is 8.42 Å². The zero-order valence-corrected chi connectivity index (χ0v) is 14.2. The fourth-order valence-corrected chi connectivity index (χ4v) is 4.50. The SMILES string of the molecule is Cc1cc(C(=O)N(CCO)C2CCS(=O)(=O)C2)ccc1Br. The molecule has 1 heterocycles. The lowest BCUT2D eigenvalue weighted by atomic mass is 10.1. The number of hydrogen-bond acceptors (Lipinski definition) is 4. The van der Waals surface area contributed by atoms with Gasteiger partial charge in [0.15, 0.2) is 9.84 Å². The van der Waals surface area contributed by atoms with Crippen molar-refractivity contribution < 1.29 is 18.3 Å². The highest BCUT2D eigenvalue weighted by Crippen LogP contribution is 2.22. The number of benzene rings is 1. The molecule has 0 saturated carbocycles. The lowest BCUT2D eigenvalue weighted by molar-refractivity contribution is 0.0655. The van der Waals surface area contributed by atoms with Crippen LogP contribution in [0.3, 0.4) is 0 Å². The Hall–Kier alpha value is -0.920. The molecule has 1 atom stereocenters. The summed E-state index contributed by atoms with van der Waals surface area (Å²) in [4.78, 5) is 14.1. The van der Waals surface area contributed by atoms with E-state index in [-0.39, 0.29) is 36.6 Å². The van der Waals surface area contributed by atoms with E-state index in [1.165, 1.54) is 4.90 Å². The molecule has 0 aromatic heterocycles. The summed E-state index contributed by atoms with van der Waals surface area (Å²) in [7, 11) is -3.07. The van der Waals surface area contributed by atoms with Crippen LogP contribution in [0.1, 0.15) is 22.3 Å². The summed E-state index contributed by atoms with van der Waals surface area (Å²) in [5, 5.41) is 9.17. The molecule has 116 valence electrons. The minimum absolute atomic E-state index is 0.0196. The van der Waals surface area contributed by atoms with Crippen LogP contribution in [0.5, 0.6) is 0 Å². The van der Waals surface area contributed by atoms with Crippen LogP contribution in [0.25, 0.3) is 0 Å². The number of carbonyl (C=O) groups is 1. The summed E-state index contributed by atoms with van der Waals surface area (Å²) in [5.41, 5.74) is 1.44. The summed E-state index contributed by atoms with van der Waals surface area (Å²) < 4.78 is 24.1. The predicted octanol–water partition coefficient (Wildman–Crippen LogP) is 1.38. The van der Waals surface area contributed by atoms with Crippen molar-refractivity contribution in [2.75, 3.05) is 24.7 Å². The Bertz CT molecular complexity index is 644. The van der Waals surface area contributed by atoms with Gasteiger partial charge >= 0.3 is 0 Å². The average molecular weight is 376 g/mol. The molecule has 0 spiro atoms. The van der Waals surface area contributed by atoms with Gasteiger partial charge < -0.3 is 10.0 Å². The standard InChI is InChI=1S/C14H18BrNO4S/c1-10-8-11(2-3-13(10)15)14(18)16(5-6-17)12-4-7-21(19,20)9-12/h2-3,8,12,17H,4-7,9H2,1H3. The van der Waals surface area contributed by atoms with Crippen LogP contribution in [-0.4, -0.2) is 55.0 Å². The molecule has 1 aliphatic rings. The molecule has 1 saturated heterocycles. The Morgan fingerprint density at radius 2 is 2.19 bits per heavy atom. The topological polar surface area (TPSA) is 74.7 Å². The van der Waals surface area contributed by atoms with E-state index in [0.29, 0.717) is 12.0 Å². The first-order chi connectivity index (χ1) is 9.84. The summed E-state index contributed by atoms with van der Waals surface area (Å²) in [6, 6.07) is 4.91. The van der Waals surface area contributed by atoms with Crippen molar-refractivity contribution in [3.63, 3.8) is 0 Å². The number of aliphatic hydroxyl groups excluding tert-OH is 1. The van der Waals surface area contributed by atoms with Gasteiger partial charge in [0.1, 0.15) is 0 Å². The first-order valence-corrected chi connectivity index (χ1v) is 9.34. The van der Waals surface area contributed by atoms with Gasteiger partial charge in [0.05, 0.1) is 18.1 Å². The van der Waals surface area contributed by atoms with Crippen molar-refractivity contribution in [2.45, 2.75) is 19.4 Å². The molecule has 1 aromatic rings. The lowest BCUT2D eigenvalue weighted by Gasteiger charge is -2.27. The third kappa shape index (κ3) is 3.84. The Morgan fingerprint density at radius 1 is 1.48 bits per heavy atom. The highest BCUT2D eigenvalue weighted by molar-refractivity contribution is 9.10. The molecule has 5 nitrogen and oxygen atoms in total. The quantitative estimate of drug-likeness (QED) is 0.862. The van der Waals surface area contributed by atoms with Crippen molar-refractivity contribution in [3.8, 4) is 0 Å². The number of aliphatic hydroxyl groups is 1. The molecule has 0 radical (unpaired) electrons. The van der Waals surface area contributed by atoms with Gasteiger partial charge in [-0.3, -0.25) is 4.79 Å². The number of rotatable bonds is 4. The number of carbonyl (C=O) groups excluding carboxylic acids is 1. The van der Waals surface area contributed by atoms with Gasteiger partial charge in [-0.05, 0) is 37.1 Å². The molecular formula is C14H18BrNO4S. The van der Waals surface area contributed by atoms with Crippen LogP contribution in [0, 0.1) is 6.92 Å². The summed E-state index contributed by atoms with van der Waals surface area (Å²) in [5.74, 6) is -0.151. The number of sulfone groups is 1. The maximum Gasteiger partial charge on any atom is 0.254 e. The number of aryl methyl sites for hydroxylation is 1. The Morgan fingerprint density at radius 3 is 2.71 bits per heavy atom. The molecule has 0 bridgehead atoms. The molecule has 1 unspecified atom stereocenters. The second kappa shape index (κ2) is 6.46. The largest absolute Gasteiger partial charge is 0.395 e. The highest BCUT2D eigenvalue weighted by Gasteiger charge is 2.34. The van der Waals surface area contributed by atoms with E-state index in [9.17, 15) is 18.3 Å². The fraction of sp³-hybridized carbons (Fsp3) is 0.500. The van der Waals surface area contributed by atoms with E-state index in [4.69, 9.17) is 0 Å². The Kier molecular flexibility index (Phi) is 5.06. The maximum atomic E-state index is 12.6. The van der Waals surface area contributed by atoms with E-state index in [2.05, 4.69) is 15.9 Å². The monoisotopic (exact) mass is 375 g/mol. The normalized spacial score (nSPS) is 20.4. The first kappa shape index (κ1) is 16.5. The zero-order valence-electron chi connectivity index (χ0n) is 11.8. The lowest BCUT2D eigenvalue weighted by Crippen LogP contribution is -2.42. The Labute approximate surface area is 133 Å². The third-order valence-electron chi connectivity index (χ3n) is 3.66. The van der Waals surface area contributed by atoms with Crippen LogP contribution in [0.15, 0.2) is 22.7 Å². The second-order valence-electron chi connectivity index (χ2n) is 5.24. The third-order valence-corrected chi connectivity index (χ3v) is 6.30. The van der Waals surface area contributed by atoms with E-state index in [0.717, 1.165) is 10.0 Å². The zero-order chi connectivity index (χ0) is 15.6. The van der Waals surface area contributed by atoms with Crippen molar-refractivity contribution in [3.05, 3.63) is 33.8 Å². The van der Waals surface area contributed by atoms with E-state index in [1.54, 1.807) is 18.2 Å². The van der Waals surface area contributed by atoms with E-state index >= 15 is 0 Å². The molecule has 1 amide bonds. The molecule has 1 N–H and O–H groups in total. The van der Waals surface area contributed by atoms with Crippen LogP contribution in [0.2, 0.25) is 0 Å². The maximum absolute atomic E-state index is 12.6. The van der Waals surface area contributed by atoms with Gasteiger partial charge in [-0.2, -0.15) is 0 Å². The number of nitrogens with zero attached hydrogens (tertiary/aromatic N) is 1. The van der Waals surface area contributed by atoms with Crippen LogP contribution in [-0.2, 0) is 9.84 Å². The van der Waals surface area contributed by atoms with E-state index < -0.39 is 9.84 Å². The van der Waals surface area contributed by atoms with Crippen molar-refractivity contribution in [1.82, 2.24) is 4.90 Å². The van der Waals surface area contributed by atoms with Gasteiger partial charge in [-0.1, -0.05) is 15.9 Å². The predicted molar refractivity (Wildman–Crippen MR) is 84.1 cm³/mol. The molecule has 0 aliphatic carbocycles. The van der Waals surface area contributed by atoms with Crippen LogP contribution < -0.4 is 0 Å². The molecule has 21 heavy (non-hydrogen) atoms. The number of halogens is 1. The summed E-state index contributed by atoms with van der Waals surface area (Å²) >= 11 is 3.38. The Balaban J connectivity index is 2.25. The summed E-state index contributed by atoms with van der Waals surface area (Å²) in [6.07, 6.45) is 0.434. The molecule has 1 aromatic carbocycles. The smallest absolute Gasteiger partial charge is 0.254 e. The van der Waals surface area contributed by atoms with Gasteiger partial charge in [-0.15, -0.1) is 0 Å². The van der Waals surface area contributed by atoms with Crippen LogP contribution >= 0.6 is 15.9 Å². The number of amides is 1. The van der Waals surface area contributed by atoms with Gasteiger partial charge in [0, 0.05) is 22.6 Å². The van der Waals surface area contributed by atoms with Crippen molar-refractivity contribution in [2.24, 2.45) is 0 Å². The number of hydrogen-bond donors (Lipinski definition) is 1. The minimum Gasteiger partial charge on any atom is -0.395 e. The van der Waals surface area contributed by atoms with E-state index in [1.807, 2.05) is 6.92 Å².